The zero-order valence-electron chi connectivity index (χ0n) is 13.9. The fraction of sp³-hybridized carbons (Fsp3) is 0.562. The first kappa shape index (κ1) is 16.4. The molecule has 1 saturated heterocycles. The molecule has 0 spiro atoms. The fourth-order valence-electron chi connectivity index (χ4n) is 3.38. The van der Waals surface area contributed by atoms with Crippen LogP contribution in [0.1, 0.15) is 42.6 Å². The molecular formula is C16H21N5O3. The molecule has 1 fully saturated rings. The van der Waals surface area contributed by atoms with E-state index in [0.29, 0.717) is 25.2 Å². The predicted molar refractivity (Wildman–Crippen MR) is 85.6 cm³/mol. The van der Waals surface area contributed by atoms with Crippen molar-refractivity contribution < 1.29 is 14.7 Å². The van der Waals surface area contributed by atoms with Gasteiger partial charge in [-0.05, 0) is 45.1 Å². The number of nitrogens with zero attached hydrogens (tertiary/aromatic N) is 5. The van der Waals surface area contributed by atoms with Crippen LogP contribution < -0.4 is 0 Å². The molecule has 0 aromatic carbocycles. The molecule has 0 bridgehead atoms. The van der Waals surface area contributed by atoms with Gasteiger partial charge < -0.3 is 10.0 Å². The topological polar surface area (TPSA) is 101 Å². The second-order valence-corrected chi connectivity index (χ2v) is 6.17. The highest BCUT2D eigenvalue weighted by molar-refractivity contribution is 5.84. The summed E-state index contributed by atoms with van der Waals surface area (Å²) in [5, 5.41) is 13.4. The van der Waals surface area contributed by atoms with E-state index in [1.807, 2.05) is 13.8 Å². The zero-order chi connectivity index (χ0) is 17.3. The SMILES string of the molecule is Cc1nc2ncnn2c(C)c1CCC(=O)N1CCCCC1C(=O)O. The Bertz CT molecular complexity index is 785. The number of likely N-dealkylation sites (tertiary alicyclic amines) is 1. The highest BCUT2D eigenvalue weighted by Crippen LogP contribution is 2.20. The molecule has 8 heteroatoms. The molecule has 0 aliphatic carbocycles. The highest BCUT2D eigenvalue weighted by Gasteiger charge is 2.31. The molecule has 1 amide bonds. The van der Waals surface area contributed by atoms with E-state index in [9.17, 15) is 14.7 Å². The molecule has 1 atom stereocenters. The summed E-state index contributed by atoms with van der Waals surface area (Å²) in [6, 6.07) is -0.690. The van der Waals surface area contributed by atoms with Crippen molar-refractivity contribution in [1.82, 2.24) is 24.5 Å². The second kappa shape index (κ2) is 6.54. The number of carbonyl (C=O) groups is 2. The van der Waals surface area contributed by atoms with Crippen LogP contribution in [0.25, 0.3) is 5.78 Å². The number of fused-ring (bicyclic) bond motifs is 1. The van der Waals surface area contributed by atoms with Crippen LogP contribution >= 0.6 is 0 Å². The van der Waals surface area contributed by atoms with Gasteiger partial charge in [0.1, 0.15) is 12.4 Å². The highest BCUT2D eigenvalue weighted by atomic mass is 16.4. The average molecular weight is 331 g/mol. The van der Waals surface area contributed by atoms with Gasteiger partial charge in [-0.1, -0.05) is 0 Å². The van der Waals surface area contributed by atoms with Crippen molar-refractivity contribution in [2.24, 2.45) is 0 Å². The number of aromatic nitrogens is 4. The van der Waals surface area contributed by atoms with Crippen molar-refractivity contribution in [2.45, 2.75) is 52.0 Å². The number of carboxylic acid groups (broad SMARTS) is 1. The summed E-state index contributed by atoms with van der Waals surface area (Å²) in [6.45, 7) is 4.34. The quantitative estimate of drug-likeness (QED) is 0.901. The van der Waals surface area contributed by atoms with Crippen LogP contribution in [0.4, 0.5) is 0 Å². The van der Waals surface area contributed by atoms with Gasteiger partial charge in [-0.3, -0.25) is 4.79 Å². The number of aliphatic carboxylic acids is 1. The standard InChI is InChI=1S/C16H21N5O3/c1-10-12(11(2)21-16(19-10)17-9-18-21)6-7-14(22)20-8-4-3-5-13(20)15(23)24/h9,13H,3-8H2,1-2H3,(H,23,24). The summed E-state index contributed by atoms with van der Waals surface area (Å²) in [6.07, 6.45) is 4.49. The Morgan fingerprint density at radius 2 is 2.12 bits per heavy atom. The molecule has 0 saturated carbocycles. The molecule has 2 aromatic heterocycles. The zero-order valence-corrected chi connectivity index (χ0v) is 13.9. The van der Waals surface area contributed by atoms with E-state index in [-0.39, 0.29) is 12.3 Å². The van der Waals surface area contributed by atoms with Crippen molar-refractivity contribution in [3.63, 3.8) is 0 Å². The maximum atomic E-state index is 12.5. The van der Waals surface area contributed by atoms with Crippen LogP contribution in [0, 0.1) is 13.8 Å². The lowest BCUT2D eigenvalue weighted by atomic mass is 10.0. The number of hydrogen-bond acceptors (Lipinski definition) is 5. The van der Waals surface area contributed by atoms with Crippen molar-refractivity contribution in [3.05, 3.63) is 23.3 Å². The van der Waals surface area contributed by atoms with Gasteiger partial charge in [0.2, 0.25) is 5.91 Å². The lowest BCUT2D eigenvalue weighted by Crippen LogP contribution is -2.48. The molecule has 2 aromatic rings. The van der Waals surface area contributed by atoms with Crippen molar-refractivity contribution >= 4 is 17.7 Å². The van der Waals surface area contributed by atoms with E-state index in [1.165, 1.54) is 11.2 Å². The van der Waals surface area contributed by atoms with E-state index in [0.717, 1.165) is 29.8 Å². The molecule has 1 unspecified atom stereocenters. The van der Waals surface area contributed by atoms with E-state index in [4.69, 9.17) is 0 Å². The second-order valence-electron chi connectivity index (χ2n) is 6.17. The Kier molecular flexibility index (Phi) is 4.46. The monoisotopic (exact) mass is 331 g/mol. The minimum Gasteiger partial charge on any atom is -0.480 e. The summed E-state index contributed by atoms with van der Waals surface area (Å²) >= 11 is 0. The third-order valence-electron chi connectivity index (χ3n) is 4.69. The molecule has 8 nitrogen and oxygen atoms in total. The maximum Gasteiger partial charge on any atom is 0.326 e. The number of carboxylic acids is 1. The molecule has 1 N–H and O–H groups in total. The third kappa shape index (κ3) is 2.95. The molecule has 128 valence electrons. The summed E-state index contributed by atoms with van der Waals surface area (Å²) in [5.74, 6) is -0.484. The summed E-state index contributed by atoms with van der Waals surface area (Å²) in [7, 11) is 0. The van der Waals surface area contributed by atoms with Gasteiger partial charge in [-0.15, -0.1) is 0 Å². The Labute approximate surface area is 139 Å². The number of amides is 1. The lowest BCUT2D eigenvalue weighted by Gasteiger charge is -2.33. The molecule has 24 heavy (non-hydrogen) atoms. The Morgan fingerprint density at radius 1 is 1.33 bits per heavy atom. The maximum absolute atomic E-state index is 12.5. The normalized spacial score (nSPS) is 18.1. The number of hydrogen-bond donors (Lipinski definition) is 1. The van der Waals surface area contributed by atoms with Gasteiger partial charge in [-0.2, -0.15) is 10.1 Å². The van der Waals surface area contributed by atoms with Crippen molar-refractivity contribution in [3.8, 4) is 0 Å². The Hall–Kier alpha value is -2.51. The van der Waals surface area contributed by atoms with E-state index >= 15 is 0 Å². The van der Waals surface area contributed by atoms with Gasteiger partial charge >= 0.3 is 5.97 Å². The molecular weight excluding hydrogens is 310 g/mol. The largest absolute Gasteiger partial charge is 0.480 e. The first-order valence-electron chi connectivity index (χ1n) is 8.17. The third-order valence-corrected chi connectivity index (χ3v) is 4.69. The van der Waals surface area contributed by atoms with Crippen LogP contribution in [0.2, 0.25) is 0 Å². The van der Waals surface area contributed by atoms with E-state index < -0.39 is 12.0 Å². The fourth-order valence-corrected chi connectivity index (χ4v) is 3.38. The molecule has 1 aliphatic heterocycles. The molecule has 1 aliphatic rings. The number of rotatable bonds is 4. The van der Waals surface area contributed by atoms with Crippen LogP contribution in [0.15, 0.2) is 6.33 Å². The van der Waals surface area contributed by atoms with Gasteiger partial charge in [0.25, 0.3) is 5.78 Å². The number of aryl methyl sites for hydroxylation is 2. The van der Waals surface area contributed by atoms with Crippen LogP contribution in [0.5, 0.6) is 0 Å². The van der Waals surface area contributed by atoms with Gasteiger partial charge in [0, 0.05) is 24.4 Å². The lowest BCUT2D eigenvalue weighted by molar-refractivity contribution is -0.152. The van der Waals surface area contributed by atoms with Crippen molar-refractivity contribution in [1.29, 1.82) is 0 Å². The predicted octanol–water partition coefficient (Wildman–Crippen LogP) is 1.14. The van der Waals surface area contributed by atoms with E-state index in [1.54, 1.807) is 4.52 Å². The summed E-state index contributed by atoms with van der Waals surface area (Å²) < 4.78 is 1.66. The smallest absolute Gasteiger partial charge is 0.326 e. The Morgan fingerprint density at radius 3 is 2.88 bits per heavy atom. The molecule has 3 rings (SSSR count). The van der Waals surface area contributed by atoms with Gasteiger partial charge in [-0.25, -0.2) is 14.3 Å². The number of piperidine rings is 1. The summed E-state index contributed by atoms with van der Waals surface area (Å²) in [4.78, 5) is 33.9. The summed E-state index contributed by atoms with van der Waals surface area (Å²) in [5.41, 5.74) is 2.70. The van der Waals surface area contributed by atoms with Gasteiger partial charge in [0.05, 0.1) is 0 Å². The van der Waals surface area contributed by atoms with Gasteiger partial charge in [0.15, 0.2) is 0 Å². The average Bonchev–Trinajstić information content (AvgIpc) is 3.02. The molecule has 0 radical (unpaired) electrons. The minimum atomic E-state index is -0.916. The van der Waals surface area contributed by atoms with Crippen molar-refractivity contribution in [2.75, 3.05) is 6.54 Å². The minimum absolute atomic E-state index is 0.111. The van der Waals surface area contributed by atoms with Crippen LogP contribution in [-0.2, 0) is 16.0 Å². The Balaban J connectivity index is 1.75. The number of carbonyl (C=O) groups excluding carboxylic acids is 1. The van der Waals surface area contributed by atoms with E-state index in [2.05, 4.69) is 15.1 Å². The first-order chi connectivity index (χ1) is 11.5. The molecule has 3 heterocycles. The first-order valence-corrected chi connectivity index (χ1v) is 8.17. The van der Waals surface area contributed by atoms with Crippen LogP contribution in [0.3, 0.4) is 0 Å². The van der Waals surface area contributed by atoms with Crippen LogP contribution in [-0.4, -0.2) is 54.1 Å².